The fourth-order valence-corrected chi connectivity index (χ4v) is 1.64. The molecule has 0 unspecified atom stereocenters. The van der Waals surface area contributed by atoms with Crippen molar-refractivity contribution in [2.45, 2.75) is 44.3 Å². The molecule has 0 aromatic heterocycles. The molecule has 0 bridgehead atoms. The summed E-state index contributed by atoms with van der Waals surface area (Å²) in [5.41, 5.74) is 0.120. The largest absolute Gasteiger partial charge is 0.381 e. The molecule has 1 aliphatic carbocycles. The Hall–Kier alpha value is -0.0800. The van der Waals surface area contributed by atoms with E-state index in [1.54, 1.807) is 14.2 Å². The van der Waals surface area contributed by atoms with Crippen LogP contribution in [0.15, 0.2) is 0 Å². The number of hydrogen-bond donors (Lipinski definition) is 0. The van der Waals surface area contributed by atoms with Crippen LogP contribution in [0.1, 0.15) is 32.6 Å². The first-order valence-corrected chi connectivity index (χ1v) is 4.28. The Bertz CT molecular complexity index is 115. The van der Waals surface area contributed by atoms with Gasteiger partial charge >= 0.3 is 0 Å². The van der Waals surface area contributed by atoms with Crippen molar-refractivity contribution in [1.29, 1.82) is 0 Å². The van der Waals surface area contributed by atoms with Crippen molar-refractivity contribution in [1.82, 2.24) is 0 Å². The Morgan fingerprint density at radius 1 is 1.18 bits per heavy atom. The van der Waals surface area contributed by atoms with E-state index in [1.807, 2.05) is 0 Å². The van der Waals surface area contributed by atoms with E-state index in [2.05, 4.69) is 6.92 Å². The summed E-state index contributed by atoms with van der Waals surface area (Å²) in [6, 6.07) is 0. The Balaban J connectivity index is 2.35. The van der Waals surface area contributed by atoms with Gasteiger partial charge < -0.3 is 9.47 Å². The predicted molar refractivity (Wildman–Crippen MR) is 44.7 cm³/mol. The van der Waals surface area contributed by atoms with Gasteiger partial charge in [0.05, 0.1) is 11.7 Å². The summed E-state index contributed by atoms with van der Waals surface area (Å²) in [6.45, 7) is 2.18. The molecule has 1 aliphatic rings. The van der Waals surface area contributed by atoms with Crippen LogP contribution < -0.4 is 0 Å². The highest BCUT2D eigenvalue weighted by molar-refractivity contribution is 4.83. The smallest absolute Gasteiger partial charge is 0.0652 e. The van der Waals surface area contributed by atoms with E-state index in [-0.39, 0.29) is 5.60 Å². The molecule has 0 atom stereocenters. The van der Waals surface area contributed by atoms with Crippen LogP contribution in [-0.2, 0) is 9.47 Å². The third-order valence-electron chi connectivity index (χ3n) is 2.82. The number of rotatable bonds is 2. The summed E-state index contributed by atoms with van der Waals surface area (Å²) in [6.07, 6.45) is 5.00. The fourth-order valence-electron chi connectivity index (χ4n) is 1.64. The highest BCUT2D eigenvalue weighted by atomic mass is 16.5. The van der Waals surface area contributed by atoms with Gasteiger partial charge in [-0.15, -0.1) is 0 Å². The molecule has 2 heteroatoms. The topological polar surface area (TPSA) is 18.5 Å². The van der Waals surface area contributed by atoms with Gasteiger partial charge in [-0.25, -0.2) is 0 Å². The van der Waals surface area contributed by atoms with Crippen molar-refractivity contribution in [3.63, 3.8) is 0 Å². The molecule has 0 N–H and O–H groups in total. The Labute approximate surface area is 68.9 Å². The lowest BCUT2D eigenvalue weighted by Crippen LogP contribution is -2.35. The normalized spacial score (nSPS) is 39.0. The minimum Gasteiger partial charge on any atom is -0.381 e. The fraction of sp³-hybridized carbons (Fsp3) is 1.00. The van der Waals surface area contributed by atoms with Gasteiger partial charge in [0.2, 0.25) is 0 Å². The van der Waals surface area contributed by atoms with Crippen molar-refractivity contribution >= 4 is 0 Å². The minimum atomic E-state index is 0.120. The van der Waals surface area contributed by atoms with E-state index in [4.69, 9.17) is 9.47 Å². The molecule has 0 spiro atoms. The van der Waals surface area contributed by atoms with E-state index in [0.717, 1.165) is 25.7 Å². The summed E-state index contributed by atoms with van der Waals surface area (Å²) in [4.78, 5) is 0. The third-order valence-corrected chi connectivity index (χ3v) is 2.82. The number of hydrogen-bond acceptors (Lipinski definition) is 2. The van der Waals surface area contributed by atoms with Crippen LogP contribution in [0.4, 0.5) is 0 Å². The number of methoxy groups -OCH3 is 2. The molecule has 11 heavy (non-hydrogen) atoms. The summed E-state index contributed by atoms with van der Waals surface area (Å²) >= 11 is 0. The maximum absolute atomic E-state index is 5.42. The monoisotopic (exact) mass is 158 g/mol. The average molecular weight is 158 g/mol. The third kappa shape index (κ3) is 2.17. The van der Waals surface area contributed by atoms with Crippen LogP contribution in [0.5, 0.6) is 0 Å². The quantitative estimate of drug-likeness (QED) is 0.611. The first-order chi connectivity index (χ1) is 5.20. The molecule has 0 heterocycles. The molecular formula is C9H18O2. The second-order valence-corrected chi connectivity index (χ2v) is 3.59. The first-order valence-electron chi connectivity index (χ1n) is 4.28. The Kier molecular flexibility index (Phi) is 2.90. The maximum Gasteiger partial charge on any atom is 0.0652 e. The lowest BCUT2D eigenvalue weighted by Gasteiger charge is -2.35. The van der Waals surface area contributed by atoms with E-state index >= 15 is 0 Å². The van der Waals surface area contributed by atoms with E-state index < -0.39 is 0 Å². The van der Waals surface area contributed by atoms with Crippen molar-refractivity contribution in [3.8, 4) is 0 Å². The zero-order valence-electron chi connectivity index (χ0n) is 7.72. The highest BCUT2D eigenvalue weighted by Crippen LogP contribution is 2.31. The van der Waals surface area contributed by atoms with Gasteiger partial charge in [-0.05, 0) is 32.6 Å². The van der Waals surface area contributed by atoms with Crippen LogP contribution in [0.2, 0.25) is 0 Å². The molecular weight excluding hydrogens is 140 g/mol. The summed E-state index contributed by atoms with van der Waals surface area (Å²) in [5.74, 6) is 0. The van der Waals surface area contributed by atoms with Gasteiger partial charge in [-0.1, -0.05) is 0 Å². The van der Waals surface area contributed by atoms with E-state index in [1.165, 1.54) is 0 Å². The van der Waals surface area contributed by atoms with Crippen LogP contribution in [0.25, 0.3) is 0 Å². The molecule has 0 saturated heterocycles. The van der Waals surface area contributed by atoms with Crippen molar-refractivity contribution in [2.75, 3.05) is 14.2 Å². The summed E-state index contributed by atoms with van der Waals surface area (Å²) in [7, 11) is 3.59. The van der Waals surface area contributed by atoms with Crippen LogP contribution in [0, 0.1) is 0 Å². The molecule has 1 rings (SSSR count). The zero-order valence-corrected chi connectivity index (χ0v) is 7.72. The maximum atomic E-state index is 5.42. The van der Waals surface area contributed by atoms with Gasteiger partial charge in [0.1, 0.15) is 0 Å². The van der Waals surface area contributed by atoms with Gasteiger partial charge in [-0.2, -0.15) is 0 Å². The van der Waals surface area contributed by atoms with E-state index in [9.17, 15) is 0 Å². The van der Waals surface area contributed by atoms with Crippen LogP contribution in [-0.4, -0.2) is 25.9 Å². The standard InChI is InChI=1S/C9H18O2/c1-9(11-3)6-4-8(10-2)5-7-9/h8H,4-7H2,1-3H3. The predicted octanol–water partition coefficient (Wildman–Crippen LogP) is 1.98. The average Bonchev–Trinajstić information content (AvgIpc) is 2.06. The molecule has 1 saturated carbocycles. The summed E-state index contributed by atoms with van der Waals surface area (Å²) in [5, 5.41) is 0. The Morgan fingerprint density at radius 3 is 2.09 bits per heavy atom. The number of ether oxygens (including phenoxy) is 2. The van der Waals surface area contributed by atoms with Gasteiger partial charge in [0.25, 0.3) is 0 Å². The highest BCUT2D eigenvalue weighted by Gasteiger charge is 2.30. The Morgan fingerprint density at radius 2 is 1.73 bits per heavy atom. The van der Waals surface area contributed by atoms with Crippen LogP contribution >= 0.6 is 0 Å². The molecule has 0 aromatic carbocycles. The van der Waals surface area contributed by atoms with Crippen molar-refractivity contribution in [2.24, 2.45) is 0 Å². The molecule has 0 radical (unpaired) electrons. The first kappa shape index (κ1) is 9.01. The van der Waals surface area contributed by atoms with Gasteiger partial charge in [-0.3, -0.25) is 0 Å². The van der Waals surface area contributed by atoms with Gasteiger partial charge in [0.15, 0.2) is 0 Å². The SMILES string of the molecule is COC1CCC(C)(OC)CC1. The minimum absolute atomic E-state index is 0.120. The molecule has 0 aromatic rings. The molecule has 2 nitrogen and oxygen atoms in total. The summed E-state index contributed by atoms with van der Waals surface area (Å²) < 4.78 is 10.7. The zero-order chi connectivity index (χ0) is 8.32. The van der Waals surface area contributed by atoms with Gasteiger partial charge in [0, 0.05) is 14.2 Å². The molecule has 1 fully saturated rings. The lowest BCUT2D eigenvalue weighted by molar-refractivity contribution is -0.0589. The molecule has 0 aliphatic heterocycles. The molecule has 0 amide bonds. The van der Waals surface area contributed by atoms with Crippen molar-refractivity contribution in [3.05, 3.63) is 0 Å². The van der Waals surface area contributed by atoms with Crippen LogP contribution in [0.3, 0.4) is 0 Å². The second-order valence-electron chi connectivity index (χ2n) is 3.59. The lowest BCUT2D eigenvalue weighted by atomic mass is 9.85. The van der Waals surface area contributed by atoms with Crippen molar-refractivity contribution < 1.29 is 9.47 Å². The molecule has 66 valence electrons. The second kappa shape index (κ2) is 3.55. The van der Waals surface area contributed by atoms with E-state index in [0.29, 0.717) is 6.10 Å².